The molecule has 0 fully saturated rings. The van der Waals surface area contributed by atoms with Gasteiger partial charge in [0, 0.05) is 19.4 Å². The minimum atomic E-state index is -1.65. The zero-order valence-corrected chi connectivity index (χ0v) is 9.68. The predicted molar refractivity (Wildman–Crippen MR) is 47.1 cm³/mol. The van der Waals surface area contributed by atoms with E-state index >= 15 is 0 Å². The zero-order valence-electron chi connectivity index (χ0n) is 8.26. The van der Waals surface area contributed by atoms with E-state index in [4.69, 9.17) is 0 Å². The molecule has 0 saturated heterocycles. The molecule has 0 aliphatic heterocycles. The van der Waals surface area contributed by atoms with Gasteiger partial charge >= 0.3 is 23.1 Å². The van der Waals surface area contributed by atoms with Gasteiger partial charge in [0.2, 0.25) is 5.91 Å². The molecule has 1 amide bonds. The van der Waals surface area contributed by atoms with Crippen LogP contribution < -0.4 is 10.2 Å². The maximum Gasteiger partial charge on any atom is 2.00 e. The first-order valence-electron chi connectivity index (χ1n) is 3.70. The van der Waals surface area contributed by atoms with Crippen LogP contribution in [0.1, 0.15) is 6.42 Å². The molecule has 7 heteroatoms. The summed E-state index contributed by atoms with van der Waals surface area (Å²) in [5, 5.41) is 20.6. The summed E-state index contributed by atoms with van der Waals surface area (Å²) in [6.07, 6.45) is 0.0730. The number of carbonyl (C=O) groups excluding carboxylic acids is 3. The van der Waals surface area contributed by atoms with Crippen molar-refractivity contribution in [3.8, 4) is 0 Å². The topological polar surface area (TPSA) is 101 Å². The maximum atomic E-state index is 10.9. The van der Waals surface area contributed by atoms with Crippen molar-refractivity contribution in [3.05, 3.63) is 12.7 Å². The summed E-state index contributed by atoms with van der Waals surface area (Å²) in [5.74, 6) is -3.91. The van der Waals surface area contributed by atoms with Crippen LogP contribution in [0.5, 0.6) is 0 Å². The van der Waals surface area contributed by atoms with Gasteiger partial charge in [0.05, 0.1) is 12.0 Å². The van der Waals surface area contributed by atoms with Crippen LogP contribution in [-0.4, -0.2) is 58.9 Å². The largest absolute Gasteiger partial charge is 2.00 e. The molecule has 0 aromatic rings. The summed E-state index contributed by atoms with van der Waals surface area (Å²) in [6, 6.07) is -1.54. The van der Waals surface area contributed by atoms with Crippen molar-refractivity contribution >= 4 is 40.9 Å². The molecule has 0 aromatic heterocycles. The molecule has 0 aliphatic carbocycles. The fourth-order valence-electron chi connectivity index (χ4n) is 0.834. The molecule has 0 N–H and O–H groups in total. The predicted octanol–water partition coefficient (Wildman–Crippen LogP) is -3.49. The number of hydrogen-bond acceptors (Lipinski definition) is 5. The van der Waals surface area contributed by atoms with Crippen LogP contribution in [0.25, 0.3) is 0 Å². The standard InChI is InChI=1S/C8H11NO5.Mg/c1-3-6(10)9(2)5(8(13)14)4-7(11)12;/h3,5H,1,4H2,2H3,(H,11,12)(H,13,14);/q;+2/p-2/t5-;/m0./s1. The number of carboxylic acid groups (broad SMARTS) is 2. The van der Waals surface area contributed by atoms with E-state index in [1.807, 2.05) is 0 Å². The van der Waals surface area contributed by atoms with Crippen LogP contribution in [0.3, 0.4) is 0 Å². The van der Waals surface area contributed by atoms with Gasteiger partial charge in [0.1, 0.15) is 0 Å². The average molecular weight is 223 g/mol. The molecule has 0 saturated carbocycles. The molecule has 0 heterocycles. The van der Waals surface area contributed by atoms with Crippen LogP contribution in [0.15, 0.2) is 12.7 Å². The normalized spacial score (nSPS) is 10.7. The van der Waals surface area contributed by atoms with Gasteiger partial charge in [0.15, 0.2) is 0 Å². The Morgan fingerprint density at radius 2 is 1.87 bits per heavy atom. The third kappa shape index (κ3) is 5.38. The monoisotopic (exact) mass is 223 g/mol. The van der Waals surface area contributed by atoms with Crippen molar-refractivity contribution < 1.29 is 24.6 Å². The van der Waals surface area contributed by atoms with Crippen LogP contribution in [0.2, 0.25) is 0 Å². The van der Waals surface area contributed by atoms with Crippen LogP contribution in [-0.2, 0) is 14.4 Å². The Balaban J connectivity index is 0. The number of hydrogen-bond donors (Lipinski definition) is 0. The Hall–Kier alpha value is -1.08. The van der Waals surface area contributed by atoms with E-state index in [2.05, 4.69) is 6.58 Å². The number of rotatable bonds is 5. The number of amides is 1. The second-order valence-corrected chi connectivity index (χ2v) is 2.56. The number of carbonyl (C=O) groups is 3. The van der Waals surface area contributed by atoms with Gasteiger partial charge in [-0.2, -0.15) is 0 Å². The van der Waals surface area contributed by atoms with Gasteiger partial charge in [-0.1, -0.05) is 6.58 Å². The maximum absolute atomic E-state index is 10.9. The molecule has 0 spiro atoms. The average Bonchev–Trinajstić information content (AvgIpc) is 2.11. The smallest absolute Gasteiger partial charge is 0.550 e. The van der Waals surface area contributed by atoms with Crippen molar-refractivity contribution in [2.75, 3.05) is 7.05 Å². The van der Waals surface area contributed by atoms with Crippen molar-refractivity contribution in [2.45, 2.75) is 12.5 Å². The first-order valence-corrected chi connectivity index (χ1v) is 3.70. The third-order valence-electron chi connectivity index (χ3n) is 1.62. The summed E-state index contributed by atoms with van der Waals surface area (Å²) in [4.78, 5) is 32.3. The second kappa shape index (κ2) is 7.24. The van der Waals surface area contributed by atoms with E-state index < -0.39 is 30.3 Å². The second-order valence-electron chi connectivity index (χ2n) is 2.56. The first kappa shape index (κ1) is 16.3. The SMILES string of the molecule is C=CC(=O)N(C)[C@@H](CC(=O)[O-])C(=O)[O-].[Mg+2]. The van der Waals surface area contributed by atoms with Gasteiger partial charge in [-0.3, -0.25) is 4.79 Å². The Labute approximate surface area is 103 Å². The molecule has 15 heavy (non-hydrogen) atoms. The van der Waals surface area contributed by atoms with Crippen LogP contribution in [0, 0.1) is 0 Å². The zero-order chi connectivity index (χ0) is 11.3. The molecule has 0 unspecified atom stereocenters. The van der Waals surface area contributed by atoms with Crippen molar-refractivity contribution in [2.24, 2.45) is 0 Å². The summed E-state index contributed by atoms with van der Waals surface area (Å²) >= 11 is 0. The fourth-order valence-corrected chi connectivity index (χ4v) is 0.834. The van der Waals surface area contributed by atoms with Crippen molar-refractivity contribution in [3.63, 3.8) is 0 Å². The summed E-state index contributed by atoms with van der Waals surface area (Å²) < 4.78 is 0. The van der Waals surface area contributed by atoms with E-state index in [-0.39, 0.29) is 23.1 Å². The van der Waals surface area contributed by atoms with Crippen LogP contribution in [0.4, 0.5) is 0 Å². The van der Waals surface area contributed by atoms with Gasteiger partial charge < -0.3 is 24.7 Å². The van der Waals surface area contributed by atoms with Crippen molar-refractivity contribution in [1.29, 1.82) is 0 Å². The molecule has 0 rings (SSSR count). The molecule has 6 nitrogen and oxygen atoms in total. The molecular formula is C8H9MgNO5. The Morgan fingerprint density at radius 1 is 1.40 bits per heavy atom. The molecular weight excluding hydrogens is 214 g/mol. The Bertz CT molecular complexity index is 278. The Morgan fingerprint density at radius 3 is 2.13 bits per heavy atom. The number of carboxylic acids is 2. The van der Waals surface area contributed by atoms with Gasteiger partial charge in [-0.15, -0.1) is 0 Å². The summed E-state index contributed by atoms with van der Waals surface area (Å²) in [6.45, 7) is 3.13. The number of aliphatic carboxylic acids is 2. The minimum absolute atomic E-state index is 0. The summed E-state index contributed by atoms with van der Waals surface area (Å²) in [5.41, 5.74) is 0. The van der Waals surface area contributed by atoms with E-state index in [0.29, 0.717) is 0 Å². The van der Waals surface area contributed by atoms with Crippen LogP contribution >= 0.6 is 0 Å². The van der Waals surface area contributed by atoms with Gasteiger partial charge in [-0.25, -0.2) is 0 Å². The molecule has 1 atom stereocenters. The van der Waals surface area contributed by atoms with E-state index in [0.717, 1.165) is 18.0 Å². The van der Waals surface area contributed by atoms with E-state index in [1.165, 1.54) is 0 Å². The number of likely N-dealkylation sites (N-methyl/N-ethyl adjacent to an activating group) is 1. The molecule has 0 radical (unpaired) electrons. The molecule has 0 bridgehead atoms. The fraction of sp³-hybridized carbons (Fsp3) is 0.375. The quantitative estimate of drug-likeness (QED) is 0.356. The molecule has 0 aromatic carbocycles. The van der Waals surface area contributed by atoms with Gasteiger partial charge in [-0.05, 0) is 6.08 Å². The summed E-state index contributed by atoms with van der Waals surface area (Å²) in [7, 11) is 1.15. The van der Waals surface area contributed by atoms with Gasteiger partial charge in [0.25, 0.3) is 0 Å². The van der Waals surface area contributed by atoms with Crippen molar-refractivity contribution in [1.82, 2.24) is 4.90 Å². The van der Waals surface area contributed by atoms with E-state index in [1.54, 1.807) is 0 Å². The Kier molecular flexibility index (Phi) is 7.89. The molecule has 78 valence electrons. The number of nitrogens with zero attached hydrogens (tertiary/aromatic N) is 1. The van der Waals surface area contributed by atoms with E-state index in [9.17, 15) is 24.6 Å². The minimum Gasteiger partial charge on any atom is -0.550 e. The first-order chi connectivity index (χ1) is 6.40. The molecule has 0 aliphatic rings. The third-order valence-corrected chi connectivity index (χ3v) is 1.62.